The monoisotopic (exact) mass is 327 g/mol. The number of pyridine rings is 1. The van der Waals surface area contributed by atoms with E-state index in [1.807, 2.05) is 0 Å². The van der Waals surface area contributed by atoms with E-state index in [9.17, 15) is 18.0 Å². The largest absolute Gasteiger partial charge is 0.471 e. The van der Waals surface area contributed by atoms with E-state index in [-0.39, 0.29) is 24.9 Å². The van der Waals surface area contributed by atoms with E-state index in [1.165, 1.54) is 11.1 Å². The quantitative estimate of drug-likeness (QED) is 0.865. The lowest BCUT2D eigenvalue weighted by Crippen LogP contribution is -2.56. The van der Waals surface area contributed by atoms with Gasteiger partial charge in [0.05, 0.1) is 24.8 Å². The van der Waals surface area contributed by atoms with Crippen LogP contribution in [0.1, 0.15) is 21.7 Å². The van der Waals surface area contributed by atoms with Gasteiger partial charge in [0.2, 0.25) is 5.88 Å². The molecule has 2 aromatic heterocycles. The van der Waals surface area contributed by atoms with Crippen molar-refractivity contribution in [3.63, 3.8) is 0 Å². The zero-order chi connectivity index (χ0) is 16.6. The van der Waals surface area contributed by atoms with Crippen LogP contribution in [-0.2, 0) is 6.18 Å². The molecule has 1 saturated heterocycles. The van der Waals surface area contributed by atoms with Gasteiger partial charge in [0.1, 0.15) is 17.4 Å². The average Bonchev–Trinajstić information content (AvgIpc) is 2.87. The van der Waals surface area contributed by atoms with Gasteiger partial charge in [0, 0.05) is 12.3 Å². The smallest absolute Gasteiger partial charge is 0.416 e. The van der Waals surface area contributed by atoms with Crippen LogP contribution in [0.15, 0.2) is 29.0 Å². The van der Waals surface area contributed by atoms with E-state index in [2.05, 4.69) is 10.1 Å². The molecular weight excluding hydrogens is 315 g/mol. The third kappa shape index (κ3) is 3.13. The third-order valence-corrected chi connectivity index (χ3v) is 3.47. The predicted molar refractivity (Wildman–Crippen MR) is 70.8 cm³/mol. The standard InChI is InChI=1S/C14H12F3N3O3/c1-8-11(5-19-23-8)13(21)20-6-10(7-20)22-12-4-9(2-3-18-12)14(15,16)17/h2-5,10H,6-7H2,1H3. The van der Waals surface area contributed by atoms with Crippen LogP contribution in [-0.4, -0.2) is 40.1 Å². The molecule has 1 amide bonds. The van der Waals surface area contributed by atoms with Gasteiger partial charge in [-0.2, -0.15) is 13.2 Å². The summed E-state index contributed by atoms with van der Waals surface area (Å²) in [7, 11) is 0. The van der Waals surface area contributed by atoms with Crippen LogP contribution >= 0.6 is 0 Å². The molecule has 0 saturated carbocycles. The minimum Gasteiger partial charge on any atom is -0.471 e. The highest BCUT2D eigenvalue weighted by molar-refractivity contribution is 5.95. The molecule has 6 nitrogen and oxygen atoms in total. The topological polar surface area (TPSA) is 68.5 Å². The normalized spacial score (nSPS) is 15.4. The Hall–Kier alpha value is -2.58. The van der Waals surface area contributed by atoms with Gasteiger partial charge in [-0.3, -0.25) is 4.79 Å². The fraction of sp³-hybridized carbons (Fsp3) is 0.357. The van der Waals surface area contributed by atoms with Crippen LogP contribution in [0.5, 0.6) is 5.88 Å². The van der Waals surface area contributed by atoms with Crippen LogP contribution in [0.3, 0.4) is 0 Å². The number of carbonyl (C=O) groups excluding carboxylic acids is 1. The molecule has 0 spiro atoms. The van der Waals surface area contributed by atoms with E-state index in [0.29, 0.717) is 11.3 Å². The minimum atomic E-state index is -4.45. The van der Waals surface area contributed by atoms with Crippen LogP contribution in [0.2, 0.25) is 0 Å². The second-order valence-electron chi connectivity index (χ2n) is 5.13. The molecule has 2 aromatic rings. The molecule has 0 N–H and O–H groups in total. The van der Waals surface area contributed by atoms with Crippen LogP contribution in [0, 0.1) is 6.92 Å². The Bertz CT molecular complexity index is 723. The number of aryl methyl sites for hydroxylation is 1. The summed E-state index contributed by atoms with van der Waals surface area (Å²) in [5.41, 5.74) is -0.463. The summed E-state index contributed by atoms with van der Waals surface area (Å²) in [6, 6.07) is 1.72. The van der Waals surface area contributed by atoms with Crippen molar-refractivity contribution in [2.45, 2.75) is 19.2 Å². The molecule has 9 heteroatoms. The van der Waals surface area contributed by atoms with Crippen molar-refractivity contribution < 1.29 is 27.2 Å². The molecular formula is C14H12F3N3O3. The maximum atomic E-state index is 12.6. The van der Waals surface area contributed by atoms with Gasteiger partial charge in [0.25, 0.3) is 5.91 Å². The van der Waals surface area contributed by atoms with Gasteiger partial charge in [-0.25, -0.2) is 4.98 Å². The molecule has 1 aliphatic heterocycles. The van der Waals surface area contributed by atoms with Crippen LogP contribution in [0.4, 0.5) is 13.2 Å². The molecule has 1 fully saturated rings. The summed E-state index contributed by atoms with van der Waals surface area (Å²) in [5, 5.41) is 3.53. The molecule has 0 bridgehead atoms. The minimum absolute atomic E-state index is 0.113. The van der Waals surface area contributed by atoms with Crippen molar-refractivity contribution in [3.8, 4) is 5.88 Å². The Morgan fingerprint density at radius 2 is 2.17 bits per heavy atom. The molecule has 23 heavy (non-hydrogen) atoms. The van der Waals surface area contributed by atoms with Crippen molar-refractivity contribution in [2.24, 2.45) is 0 Å². The molecule has 0 atom stereocenters. The Kier molecular flexibility index (Phi) is 3.70. The SMILES string of the molecule is Cc1oncc1C(=O)N1CC(Oc2cc(C(F)(F)F)ccn2)C1. The number of hydrogen-bond acceptors (Lipinski definition) is 5. The second-order valence-corrected chi connectivity index (χ2v) is 5.13. The summed E-state index contributed by atoms with van der Waals surface area (Å²) >= 11 is 0. The van der Waals surface area contributed by atoms with Crippen LogP contribution < -0.4 is 4.74 Å². The molecule has 0 radical (unpaired) electrons. The molecule has 3 rings (SSSR count). The Morgan fingerprint density at radius 3 is 2.78 bits per heavy atom. The first-order chi connectivity index (χ1) is 10.8. The van der Waals surface area contributed by atoms with Crippen molar-refractivity contribution in [1.29, 1.82) is 0 Å². The van der Waals surface area contributed by atoms with Gasteiger partial charge in [-0.05, 0) is 13.0 Å². The zero-order valence-electron chi connectivity index (χ0n) is 12.0. The van der Waals surface area contributed by atoms with Crippen molar-refractivity contribution >= 4 is 5.91 Å². The first-order valence-corrected chi connectivity index (χ1v) is 6.75. The molecule has 3 heterocycles. The summed E-state index contributed by atoms with van der Waals surface area (Å²) in [6.45, 7) is 2.16. The zero-order valence-corrected chi connectivity index (χ0v) is 12.0. The van der Waals surface area contributed by atoms with E-state index in [0.717, 1.165) is 18.3 Å². The molecule has 0 unspecified atom stereocenters. The lowest BCUT2D eigenvalue weighted by Gasteiger charge is -2.38. The highest BCUT2D eigenvalue weighted by atomic mass is 19.4. The first kappa shape index (κ1) is 15.3. The highest BCUT2D eigenvalue weighted by Gasteiger charge is 2.35. The molecule has 0 aromatic carbocycles. The average molecular weight is 327 g/mol. The van der Waals surface area contributed by atoms with Gasteiger partial charge in [-0.1, -0.05) is 5.16 Å². The van der Waals surface area contributed by atoms with E-state index >= 15 is 0 Å². The fourth-order valence-electron chi connectivity index (χ4n) is 2.17. The summed E-state index contributed by atoms with van der Waals surface area (Å²) in [6.07, 6.45) is -2.47. The van der Waals surface area contributed by atoms with Gasteiger partial charge in [-0.15, -0.1) is 0 Å². The molecule has 1 aliphatic rings. The second kappa shape index (κ2) is 5.56. The number of ether oxygens (including phenoxy) is 1. The van der Waals surface area contributed by atoms with Crippen molar-refractivity contribution in [3.05, 3.63) is 41.4 Å². The number of amides is 1. The highest BCUT2D eigenvalue weighted by Crippen LogP contribution is 2.31. The van der Waals surface area contributed by atoms with Crippen molar-refractivity contribution in [1.82, 2.24) is 15.0 Å². The number of carbonyl (C=O) groups is 1. The Labute approximate surface area is 128 Å². The molecule has 0 aliphatic carbocycles. The predicted octanol–water partition coefficient (Wildman–Crippen LogP) is 2.30. The van der Waals surface area contributed by atoms with E-state index < -0.39 is 17.8 Å². The first-order valence-electron chi connectivity index (χ1n) is 6.75. The van der Waals surface area contributed by atoms with Gasteiger partial charge >= 0.3 is 6.18 Å². The summed E-state index contributed by atoms with van der Waals surface area (Å²) in [4.78, 5) is 17.4. The number of halogens is 3. The Balaban J connectivity index is 1.59. The number of hydrogen-bond donors (Lipinski definition) is 0. The number of nitrogens with zero attached hydrogens (tertiary/aromatic N) is 3. The summed E-state index contributed by atoms with van der Waals surface area (Å²) in [5.74, 6) is 0.0533. The van der Waals surface area contributed by atoms with E-state index in [4.69, 9.17) is 9.26 Å². The lowest BCUT2D eigenvalue weighted by atomic mass is 10.1. The van der Waals surface area contributed by atoms with E-state index in [1.54, 1.807) is 6.92 Å². The number of alkyl halides is 3. The maximum absolute atomic E-state index is 12.6. The van der Waals surface area contributed by atoms with Gasteiger partial charge < -0.3 is 14.2 Å². The van der Waals surface area contributed by atoms with Gasteiger partial charge in [0.15, 0.2) is 0 Å². The fourth-order valence-corrected chi connectivity index (χ4v) is 2.17. The molecule has 122 valence electrons. The number of likely N-dealkylation sites (tertiary alicyclic amines) is 1. The summed E-state index contributed by atoms with van der Waals surface area (Å²) < 4.78 is 48.0. The van der Waals surface area contributed by atoms with Crippen molar-refractivity contribution in [2.75, 3.05) is 13.1 Å². The Morgan fingerprint density at radius 1 is 1.43 bits per heavy atom. The number of aromatic nitrogens is 2. The third-order valence-electron chi connectivity index (χ3n) is 3.47. The maximum Gasteiger partial charge on any atom is 0.416 e. The van der Waals surface area contributed by atoms with Crippen LogP contribution in [0.25, 0.3) is 0 Å². The lowest BCUT2D eigenvalue weighted by molar-refractivity contribution is -0.137. The number of rotatable bonds is 3.